The van der Waals surface area contributed by atoms with Gasteiger partial charge >= 0.3 is 0 Å². The summed E-state index contributed by atoms with van der Waals surface area (Å²) in [6.07, 6.45) is 5.67. The van der Waals surface area contributed by atoms with Crippen LogP contribution in [-0.4, -0.2) is 15.4 Å². The molecule has 94 valence electrons. The summed E-state index contributed by atoms with van der Waals surface area (Å²) in [6.45, 7) is 4.16. The summed E-state index contributed by atoms with van der Waals surface area (Å²) >= 11 is 0. The molecule has 4 heteroatoms. The van der Waals surface area contributed by atoms with E-state index in [2.05, 4.69) is 11.9 Å². The van der Waals surface area contributed by atoms with Gasteiger partial charge in [0.25, 0.3) is 0 Å². The van der Waals surface area contributed by atoms with Gasteiger partial charge in [0.15, 0.2) is 0 Å². The highest BCUT2D eigenvalue weighted by atomic mass is 15.1. The van der Waals surface area contributed by atoms with E-state index in [1.54, 1.807) is 6.20 Å². The predicted octanol–water partition coefficient (Wildman–Crippen LogP) is 2.42. The summed E-state index contributed by atoms with van der Waals surface area (Å²) in [7, 11) is 0. The molecule has 0 unspecified atom stereocenters. The number of aromatic nitrogens is 2. The van der Waals surface area contributed by atoms with Crippen LogP contribution in [0, 0.1) is 12.3 Å². The van der Waals surface area contributed by atoms with E-state index >= 15 is 0 Å². The number of benzene rings is 1. The molecule has 0 amide bonds. The number of nitrogens with one attached hydrogen (secondary N) is 1. The van der Waals surface area contributed by atoms with E-state index in [0.717, 1.165) is 35.5 Å². The number of amidine groups is 1. The number of nitrogen functional groups attached to an aromatic ring is 1. The third-order valence-corrected chi connectivity index (χ3v) is 2.89. The minimum atomic E-state index is 0.0844. The van der Waals surface area contributed by atoms with E-state index in [0.29, 0.717) is 0 Å². The first-order chi connectivity index (χ1) is 8.63. The average Bonchev–Trinajstić information content (AvgIpc) is 2.77. The lowest BCUT2D eigenvalue weighted by Crippen LogP contribution is -2.15. The Morgan fingerprint density at radius 2 is 2.22 bits per heavy atom. The van der Waals surface area contributed by atoms with Crippen molar-refractivity contribution in [1.29, 1.82) is 5.41 Å². The Morgan fingerprint density at radius 1 is 1.44 bits per heavy atom. The van der Waals surface area contributed by atoms with E-state index in [1.807, 2.05) is 35.9 Å². The summed E-state index contributed by atoms with van der Waals surface area (Å²) < 4.78 is 2.02. The molecule has 3 N–H and O–H groups in total. The van der Waals surface area contributed by atoms with Crippen LogP contribution in [0.15, 0.2) is 30.6 Å². The molecule has 2 rings (SSSR count). The van der Waals surface area contributed by atoms with Gasteiger partial charge in [-0.05, 0) is 31.0 Å². The Balaban J connectivity index is 2.58. The van der Waals surface area contributed by atoms with Gasteiger partial charge < -0.3 is 10.3 Å². The quantitative estimate of drug-likeness (QED) is 0.638. The number of imidazole rings is 1. The van der Waals surface area contributed by atoms with Crippen LogP contribution in [0.1, 0.15) is 30.3 Å². The van der Waals surface area contributed by atoms with Gasteiger partial charge in [-0.2, -0.15) is 0 Å². The van der Waals surface area contributed by atoms with Gasteiger partial charge in [0.2, 0.25) is 0 Å². The molecular formula is C14H18N4. The molecular weight excluding hydrogens is 224 g/mol. The standard InChI is InChI=1S/C14H18N4/c1-3-4-13-17-7-8-18(13)12-9-10(2)5-6-11(12)14(15)16/h5-9H,3-4H2,1-2H3,(H3,15,16). The lowest BCUT2D eigenvalue weighted by Gasteiger charge is -2.13. The molecule has 0 fully saturated rings. The Hall–Kier alpha value is -2.10. The highest BCUT2D eigenvalue weighted by molar-refractivity contribution is 5.98. The largest absolute Gasteiger partial charge is 0.384 e. The molecule has 18 heavy (non-hydrogen) atoms. The number of hydrogen-bond acceptors (Lipinski definition) is 2. The van der Waals surface area contributed by atoms with Crippen LogP contribution in [0.3, 0.4) is 0 Å². The van der Waals surface area contributed by atoms with E-state index in [4.69, 9.17) is 11.1 Å². The highest BCUT2D eigenvalue weighted by Gasteiger charge is 2.10. The lowest BCUT2D eigenvalue weighted by atomic mass is 10.1. The first kappa shape index (κ1) is 12.4. The van der Waals surface area contributed by atoms with Crippen molar-refractivity contribution in [3.05, 3.63) is 47.5 Å². The van der Waals surface area contributed by atoms with Crippen LogP contribution in [-0.2, 0) is 6.42 Å². The molecule has 2 aromatic rings. The van der Waals surface area contributed by atoms with Gasteiger partial charge in [-0.25, -0.2) is 4.98 Å². The Morgan fingerprint density at radius 3 is 2.89 bits per heavy atom. The fourth-order valence-electron chi connectivity index (χ4n) is 2.03. The van der Waals surface area contributed by atoms with Crippen LogP contribution in [0.5, 0.6) is 0 Å². The van der Waals surface area contributed by atoms with Crippen molar-refractivity contribution < 1.29 is 0 Å². The molecule has 0 saturated heterocycles. The molecule has 1 aromatic carbocycles. The SMILES string of the molecule is CCCc1nccn1-c1cc(C)ccc1C(=N)N. The Kier molecular flexibility index (Phi) is 3.46. The van der Waals surface area contributed by atoms with E-state index in [1.165, 1.54) is 0 Å². The maximum atomic E-state index is 7.67. The second-order valence-corrected chi connectivity index (χ2v) is 4.40. The topological polar surface area (TPSA) is 67.7 Å². The molecule has 0 aliphatic carbocycles. The molecule has 0 radical (unpaired) electrons. The smallest absolute Gasteiger partial charge is 0.124 e. The lowest BCUT2D eigenvalue weighted by molar-refractivity contribution is 0.808. The van der Waals surface area contributed by atoms with Crippen molar-refractivity contribution >= 4 is 5.84 Å². The molecule has 0 atom stereocenters. The van der Waals surface area contributed by atoms with Crippen LogP contribution >= 0.6 is 0 Å². The first-order valence-electron chi connectivity index (χ1n) is 6.11. The van der Waals surface area contributed by atoms with Crippen molar-refractivity contribution in [2.24, 2.45) is 5.73 Å². The Bertz CT molecular complexity index is 569. The summed E-state index contributed by atoms with van der Waals surface area (Å²) in [4.78, 5) is 4.36. The number of aryl methyl sites for hydroxylation is 2. The van der Waals surface area contributed by atoms with Crippen LogP contribution in [0.2, 0.25) is 0 Å². The number of nitrogens with zero attached hydrogens (tertiary/aromatic N) is 2. The van der Waals surface area contributed by atoms with Gasteiger partial charge in [0, 0.05) is 24.4 Å². The van der Waals surface area contributed by atoms with Gasteiger partial charge in [0.05, 0.1) is 5.69 Å². The van der Waals surface area contributed by atoms with Gasteiger partial charge in [0.1, 0.15) is 11.7 Å². The van der Waals surface area contributed by atoms with Crippen LogP contribution in [0.4, 0.5) is 0 Å². The van der Waals surface area contributed by atoms with Crippen molar-refractivity contribution in [1.82, 2.24) is 9.55 Å². The molecule has 1 heterocycles. The average molecular weight is 242 g/mol. The van der Waals surface area contributed by atoms with Crippen LogP contribution in [0.25, 0.3) is 5.69 Å². The predicted molar refractivity (Wildman–Crippen MR) is 73.3 cm³/mol. The van der Waals surface area contributed by atoms with Crippen molar-refractivity contribution in [2.75, 3.05) is 0 Å². The molecule has 0 saturated carbocycles. The maximum Gasteiger partial charge on any atom is 0.124 e. The summed E-state index contributed by atoms with van der Waals surface area (Å²) in [6, 6.07) is 5.90. The minimum absolute atomic E-state index is 0.0844. The zero-order valence-electron chi connectivity index (χ0n) is 10.8. The first-order valence-corrected chi connectivity index (χ1v) is 6.11. The normalized spacial score (nSPS) is 10.6. The summed E-state index contributed by atoms with van der Waals surface area (Å²) in [5.74, 6) is 1.09. The minimum Gasteiger partial charge on any atom is -0.384 e. The van der Waals surface area contributed by atoms with E-state index < -0.39 is 0 Å². The second-order valence-electron chi connectivity index (χ2n) is 4.40. The number of nitrogens with two attached hydrogens (primary N) is 1. The summed E-state index contributed by atoms with van der Waals surface area (Å²) in [5, 5.41) is 7.67. The van der Waals surface area contributed by atoms with Crippen molar-refractivity contribution in [2.45, 2.75) is 26.7 Å². The number of hydrogen-bond donors (Lipinski definition) is 2. The van der Waals surface area contributed by atoms with Crippen LogP contribution < -0.4 is 5.73 Å². The van der Waals surface area contributed by atoms with Crippen molar-refractivity contribution in [3.63, 3.8) is 0 Å². The molecule has 4 nitrogen and oxygen atoms in total. The zero-order chi connectivity index (χ0) is 13.1. The maximum absolute atomic E-state index is 7.67. The zero-order valence-corrected chi connectivity index (χ0v) is 10.8. The third kappa shape index (κ3) is 2.27. The fraction of sp³-hybridized carbons (Fsp3) is 0.286. The fourth-order valence-corrected chi connectivity index (χ4v) is 2.03. The highest BCUT2D eigenvalue weighted by Crippen LogP contribution is 2.18. The van der Waals surface area contributed by atoms with Gasteiger partial charge in [-0.3, -0.25) is 5.41 Å². The summed E-state index contributed by atoms with van der Waals surface area (Å²) in [5.41, 5.74) is 8.47. The molecule has 0 aliphatic rings. The molecule has 1 aromatic heterocycles. The number of rotatable bonds is 4. The van der Waals surface area contributed by atoms with E-state index in [9.17, 15) is 0 Å². The molecule has 0 bridgehead atoms. The molecule has 0 aliphatic heterocycles. The van der Waals surface area contributed by atoms with Gasteiger partial charge in [-0.1, -0.05) is 13.0 Å². The monoisotopic (exact) mass is 242 g/mol. The third-order valence-electron chi connectivity index (χ3n) is 2.89. The van der Waals surface area contributed by atoms with Crippen molar-refractivity contribution in [3.8, 4) is 5.69 Å². The molecule has 0 spiro atoms. The Labute approximate surface area is 107 Å². The van der Waals surface area contributed by atoms with E-state index in [-0.39, 0.29) is 5.84 Å². The second kappa shape index (κ2) is 5.04. The van der Waals surface area contributed by atoms with Gasteiger partial charge in [-0.15, -0.1) is 0 Å².